The number of aliphatic hydroxyl groups is 1. The van der Waals surface area contributed by atoms with Crippen molar-refractivity contribution in [2.75, 3.05) is 0 Å². The zero-order valence-electron chi connectivity index (χ0n) is 21.6. The van der Waals surface area contributed by atoms with E-state index in [-0.39, 0.29) is 0 Å². The van der Waals surface area contributed by atoms with Gasteiger partial charge in [0.25, 0.3) is 0 Å². The summed E-state index contributed by atoms with van der Waals surface area (Å²) in [7, 11) is 0. The zero-order chi connectivity index (χ0) is 27.1. The highest BCUT2D eigenvalue weighted by Gasteiger charge is 2.36. The number of fused-ring (bicyclic) bond motifs is 3. The smallest absolute Gasteiger partial charge is 0.143 e. The Morgan fingerprint density at radius 3 is 1.75 bits per heavy atom. The van der Waals surface area contributed by atoms with Gasteiger partial charge in [0.05, 0.1) is 0 Å². The van der Waals surface area contributed by atoms with Gasteiger partial charge in [-0.05, 0) is 46.0 Å². The van der Waals surface area contributed by atoms with Gasteiger partial charge in [-0.25, -0.2) is 0 Å². The maximum atomic E-state index is 12.8. The van der Waals surface area contributed by atoms with Gasteiger partial charge in [0.2, 0.25) is 0 Å². The molecule has 7 aromatic rings. The van der Waals surface area contributed by atoms with Gasteiger partial charge in [-0.2, -0.15) is 0 Å². The summed E-state index contributed by atoms with van der Waals surface area (Å²) in [4.78, 5) is 0. The lowest BCUT2D eigenvalue weighted by Gasteiger charge is -2.32. The van der Waals surface area contributed by atoms with E-state index in [2.05, 4.69) is 64.5 Å². The monoisotopic (exact) mass is 580 g/mol. The summed E-state index contributed by atoms with van der Waals surface area (Å²) in [5, 5.41) is 15.0. The molecule has 192 valence electrons. The lowest BCUT2D eigenvalue weighted by molar-refractivity contribution is 0.126. The van der Waals surface area contributed by atoms with Crippen LogP contribution in [0.25, 0.3) is 44.2 Å². The first-order chi connectivity index (χ1) is 19.6. The fourth-order valence-corrected chi connectivity index (χ4v) is 6.16. The Balaban J connectivity index is 1.52. The number of halogens is 1. The van der Waals surface area contributed by atoms with E-state index in [1.54, 1.807) is 0 Å². The van der Waals surface area contributed by atoms with Crippen LogP contribution in [0.3, 0.4) is 0 Å². The fraction of sp³-hybridized carbons (Fsp3) is 0.0270. The SMILES string of the molecule is OC(c1ccccc1)(c1ccccc1)c1cc(Br)ccc1-c1ccccc1-c1cccc2c1oc1ccccc12. The lowest BCUT2D eigenvalue weighted by atomic mass is 9.76. The summed E-state index contributed by atoms with van der Waals surface area (Å²) in [6.45, 7) is 0. The Morgan fingerprint density at radius 1 is 0.500 bits per heavy atom. The van der Waals surface area contributed by atoms with Crippen molar-refractivity contribution < 1.29 is 9.52 Å². The van der Waals surface area contributed by atoms with Gasteiger partial charge in [0.1, 0.15) is 16.8 Å². The van der Waals surface area contributed by atoms with Crippen LogP contribution < -0.4 is 0 Å². The van der Waals surface area contributed by atoms with Crippen LogP contribution in [-0.4, -0.2) is 5.11 Å². The molecule has 1 aromatic heterocycles. The van der Waals surface area contributed by atoms with E-state index in [1.807, 2.05) is 97.1 Å². The first-order valence-corrected chi connectivity index (χ1v) is 14.1. The largest absolute Gasteiger partial charge is 0.455 e. The predicted molar refractivity (Wildman–Crippen MR) is 167 cm³/mol. The van der Waals surface area contributed by atoms with Gasteiger partial charge in [0.15, 0.2) is 0 Å². The van der Waals surface area contributed by atoms with Crippen molar-refractivity contribution in [1.82, 2.24) is 0 Å². The predicted octanol–water partition coefficient (Wildman–Crippen LogP) is 9.97. The van der Waals surface area contributed by atoms with Crippen molar-refractivity contribution in [1.29, 1.82) is 0 Å². The molecule has 0 amide bonds. The van der Waals surface area contributed by atoms with Crippen LogP contribution in [-0.2, 0) is 5.60 Å². The van der Waals surface area contributed by atoms with Gasteiger partial charge in [-0.15, -0.1) is 0 Å². The van der Waals surface area contributed by atoms with Crippen LogP contribution in [0, 0.1) is 0 Å². The van der Waals surface area contributed by atoms with Gasteiger partial charge in [-0.3, -0.25) is 0 Å². The summed E-state index contributed by atoms with van der Waals surface area (Å²) in [5.74, 6) is 0. The highest BCUT2D eigenvalue weighted by atomic mass is 79.9. The minimum Gasteiger partial charge on any atom is -0.455 e. The first kappa shape index (κ1) is 24.6. The molecule has 0 saturated carbocycles. The summed E-state index contributed by atoms with van der Waals surface area (Å²) in [5.41, 5.74) is 6.76. The average molecular weight is 582 g/mol. The normalized spacial score (nSPS) is 11.8. The Bertz CT molecular complexity index is 1930. The van der Waals surface area contributed by atoms with Crippen molar-refractivity contribution in [3.8, 4) is 22.3 Å². The van der Waals surface area contributed by atoms with E-state index in [4.69, 9.17) is 4.42 Å². The molecule has 2 nitrogen and oxygen atoms in total. The third-order valence-corrected chi connectivity index (χ3v) is 8.16. The minimum atomic E-state index is -1.39. The molecule has 0 unspecified atom stereocenters. The fourth-order valence-electron chi connectivity index (χ4n) is 5.80. The van der Waals surface area contributed by atoms with Crippen LogP contribution in [0.5, 0.6) is 0 Å². The zero-order valence-corrected chi connectivity index (χ0v) is 23.2. The molecule has 0 atom stereocenters. The second kappa shape index (κ2) is 9.95. The highest BCUT2D eigenvalue weighted by Crippen LogP contribution is 2.46. The number of para-hydroxylation sites is 2. The second-order valence-corrected chi connectivity index (χ2v) is 10.9. The van der Waals surface area contributed by atoms with E-state index in [0.29, 0.717) is 0 Å². The standard InChI is InChI=1S/C37H25BrO2/c38-27-22-23-30(34(24-27)37(39,25-12-3-1-4-13-25)26-14-5-2-6-15-26)28-16-7-8-17-29(28)32-19-11-20-33-31-18-9-10-21-35(31)40-36(32)33/h1-24,39H. The van der Waals surface area contributed by atoms with Crippen molar-refractivity contribution in [3.63, 3.8) is 0 Å². The van der Waals surface area contributed by atoms with E-state index < -0.39 is 5.60 Å². The number of furan rings is 1. The molecule has 6 aromatic carbocycles. The lowest BCUT2D eigenvalue weighted by Crippen LogP contribution is -2.29. The van der Waals surface area contributed by atoms with Crippen molar-refractivity contribution in [3.05, 3.63) is 167 Å². The number of rotatable bonds is 5. The van der Waals surface area contributed by atoms with Crippen molar-refractivity contribution >= 4 is 37.9 Å². The maximum Gasteiger partial charge on any atom is 0.143 e. The van der Waals surface area contributed by atoms with Crippen LogP contribution >= 0.6 is 15.9 Å². The van der Waals surface area contributed by atoms with Gasteiger partial charge < -0.3 is 9.52 Å². The number of hydrogen-bond donors (Lipinski definition) is 1. The Kier molecular flexibility index (Phi) is 6.11. The molecule has 0 saturated heterocycles. The van der Waals surface area contributed by atoms with E-state index in [0.717, 1.165) is 65.4 Å². The van der Waals surface area contributed by atoms with Crippen molar-refractivity contribution in [2.45, 2.75) is 5.60 Å². The molecule has 0 aliphatic heterocycles. The van der Waals surface area contributed by atoms with Gasteiger partial charge in [-0.1, -0.05) is 143 Å². The molecule has 7 rings (SSSR count). The highest BCUT2D eigenvalue weighted by molar-refractivity contribution is 9.10. The quantitative estimate of drug-likeness (QED) is 0.205. The molecule has 0 bridgehead atoms. The summed E-state index contributed by atoms with van der Waals surface area (Å²) in [6.07, 6.45) is 0. The molecule has 0 radical (unpaired) electrons. The molecule has 0 aliphatic rings. The van der Waals surface area contributed by atoms with Crippen LogP contribution in [0.15, 0.2) is 154 Å². The molecule has 0 spiro atoms. The Labute approximate surface area is 241 Å². The maximum absolute atomic E-state index is 12.8. The third kappa shape index (κ3) is 3.98. The van der Waals surface area contributed by atoms with Crippen molar-refractivity contribution in [2.24, 2.45) is 0 Å². The topological polar surface area (TPSA) is 33.4 Å². The molecule has 1 N–H and O–H groups in total. The molecule has 0 aliphatic carbocycles. The van der Waals surface area contributed by atoms with Gasteiger partial charge >= 0.3 is 0 Å². The van der Waals surface area contributed by atoms with E-state index in [1.165, 1.54) is 0 Å². The molecule has 40 heavy (non-hydrogen) atoms. The van der Waals surface area contributed by atoms with E-state index in [9.17, 15) is 5.11 Å². The average Bonchev–Trinajstić information content (AvgIpc) is 3.41. The summed E-state index contributed by atoms with van der Waals surface area (Å²) >= 11 is 3.70. The van der Waals surface area contributed by atoms with Crippen LogP contribution in [0.4, 0.5) is 0 Å². The number of benzene rings is 6. The Hall–Kier alpha value is -4.44. The Morgan fingerprint density at radius 2 is 1.05 bits per heavy atom. The second-order valence-electron chi connectivity index (χ2n) is 9.96. The van der Waals surface area contributed by atoms with E-state index >= 15 is 0 Å². The first-order valence-electron chi connectivity index (χ1n) is 13.3. The molecular formula is C37H25BrO2. The third-order valence-electron chi connectivity index (χ3n) is 7.67. The molecule has 3 heteroatoms. The molecular weight excluding hydrogens is 556 g/mol. The minimum absolute atomic E-state index is 0.795. The van der Waals surface area contributed by atoms with Gasteiger partial charge in [0, 0.05) is 26.4 Å². The summed E-state index contributed by atoms with van der Waals surface area (Å²) in [6, 6.07) is 48.8. The molecule has 0 fully saturated rings. The van der Waals surface area contributed by atoms with Crippen LogP contribution in [0.2, 0.25) is 0 Å². The molecule has 1 heterocycles. The van der Waals surface area contributed by atoms with Crippen LogP contribution in [0.1, 0.15) is 16.7 Å². The summed E-state index contributed by atoms with van der Waals surface area (Å²) < 4.78 is 7.32. The number of hydrogen-bond acceptors (Lipinski definition) is 2.